The molecule has 1 saturated carbocycles. The highest BCUT2D eigenvalue weighted by atomic mass is 19.4. The van der Waals surface area contributed by atoms with Gasteiger partial charge in [0.05, 0.1) is 31.6 Å². The highest BCUT2D eigenvalue weighted by Gasteiger charge is 2.30. The summed E-state index contributed by atoms with van der Waals surface area (Å²) in [5, 5.41) is 6.38. The van der Waals surface area contributed by atoms with Crippen LogP contribution in [0.25, 0.3) is 22.6 Å². The Morgan fingerprint density at radius 1 is 0.911 bits per heavy atom. The summed E-state index contributed by atoms with van der Waals surface area (Å²) in [6.45, 7) is 3.32. The number of alkyl halides is 3. The molecule has 12 heteroatoms. The number of rotatable bonds is 8. The molecule has 5 aromatic rings. The topological polar surface area (TPSA) is 97.2 Å². The normalized spacial score (nSPS) is 15.3. The quantitative estimate of drug-likeness (QED) is 0.221. The molecule has 45 heavy (non-hydrogen) atoms. The molecule has 1 amide bonds. The average molecular weight is 614 g/mol. The molecule has 2 aromatic heterocycles. The molecule has 0 atom stereocenters. The molecule has 0 spiro atoms. The minimum Gasteiger partial charge on any atom is -0.378 e. The molecule has 0 unspecified atom stereocenters. The Kier molecular flexibility index (Phi) is 7.58. The Bertz CT molecular complexity index is 1810. The lowest BCUT2D eigenvalue weighted by molar-refractivity contribution is -0.137. The Hall–Kier alpha value is -4.97. The second-order valence-corrected chi connectivity index (χ2v) is 11.2. The molecule has 2 N–H and O–H groups in total. The summed E-state index contributed by atoms with van der Waals surface area (Å²) in [4.78, 5) is 29.0. The fourth-order valence-electron chi connectivity index (χ4n) is 5.25. The van der Waals surface area contributed by atoms with Crippen molar-refractivity contribution in [1.82, 2.24) is 24.8 Å². The maximum atomic E-state index is 13.1. The first-order valence-electron chi connectivity index (χ1n) is 14.8. The lowest BCUT2D eigenvalue weighted by atomic mass is 10.1. The third kappa shape index (κ3) is 6.46. The maximum absolute atomic E-state index is 13.1. The third-order valence-corrected chi connectivity index (χ3v) is 7.92. The fraction of sp³-hybridized carbons (Fsp3) is 0.273. The van der Waals surface area contributed by atoms with Crippen LogP contribution in [0, 0.1) is 0 Å². The Morgan fingerprint density at radius 3 is 2.29 bits per heavy atom. The van der Waals surface area contributed by atoms with Crippen molar-refractivity contribution in [2.45, 2.75) is 31.6 Å². The summed E-state index contributed by atoms with van der Waals surface area (Å²) in [5.41, 5.74) is 4.16. The van der Waals surface area contributed by atoms with Crippen molar-refractivity contribution in [3.63, 3.8) is 0 Å². The van der Waals surface area contributed by atoms with E-state index in [4.69, 9.17) is 14.7 Å². The number of amides is 1. The van der Waals surface area contributed by atoms with Crippen molar-refractivity contribution >= 4 is 34.3 Å². The fourth-order valence-corrected chi connectivity index (χ4v) is 5.25. The van der Waals surface area contributed by atoms with Crippen LogP contribution in [0.4, 0.5) is 30.4 Å². The minimum absolute atomic E-state index is 0.113. The zero-order chi connectivity index (χ0) is 31.0. The van der Waals surface area contributed by atoms with Gasteiger partial charge in [0.15, 0.2) is 22.8 Å². The van der Waals surface area contributed by atoms with Crippen LogP contribution in [0.3, 0.4) is 0 Å². The van der Waals surface area contributed by atoms with E-state index in [0.29, 0.717) is 52.7 Å². The van der Waals surface area contributed by atoms with E-state index in [0.717, 1.165) is 49.4 Å². The van der Waals surface area contributed by atoms with Gasteiger partial charge in [-0.3, -0.25) is 4.79 Å². The first-order valence-corrected chi connectivity index (χ1v) is 14.8. The number of nitrogens with zero attached hydrogens (tertiary/aromatic N) is 5. The van der Waals surface area contributed by atoms with Gasteiger partial charge < -0.3 is 24.8 Å². The predicted molar refractivity (Wildman–Crippen MR) is 165 cm³/mol. The molecule has 0 bridgehead atoms. The van der Waals surface area contributed by atoms with E-state index < -0.39 is 11.7 Å². The van der Waals surface area contributed by atoms with Gasteiger partial charge in [-0.2, -0.15) is 13.2 Å². The molecule has 1 aliphatic carbocycles. The summed E-state index contributed by atoms with van der Waals surface area (Å²) in [7, 11) is 0. The zero-order valence-corrected chi connectivity index (χ0v) is 24.2. The van der Waals surface area contributed by atoms with Gasteiger partial charge in [-0.1, -0.05) is 24.3 Å². The third-order valence-electron chi connectivity index (χ3n) is 7.92. The maximum Gasteiger partial charge on any atom is 0.416 e. The first kappa shape index (κ1) is 28.8. The molecule has 230 valence electrons. The van der Waals surface area contributed by atoms with E-state index in [1.807, 2.05) is 24.3 Å². The van der Waals surface area contributed by atoms with E-state index in [1.165, 1.54) is 12.1 Å². The molecule has 3 aromatic carbocycles. The van der Waals surface area contributed by atoms with Crippen LogP contribution in [0.1, 0.15) is 34.3 Å². The Balaban J connectivity index is 1.21. The monoisotopic (exact) mass is 613 g/mol. The number of hydrogen-bond donors (Lipinski definition) is 2. The summed E-state index contributed by atoms with van der Waals surface area (Å²) in [6.07, 6.45) is -0.788. The van der Waals surface area contributed by atoms with E-state index in [1.54, 1.807) is 35.2 Å². The van der Waals surface area contributed by atoms with Crippen LogP contribution in [-0.4, -0.2) is 57.8 Å². The van der Waals surface area contributed by atoms with Crippen LogP contribution in [0.2, 0.25) is 0 Å². The van der Waals surface area contributed by atoms with Crippen molar-refractivity contribution in [1.29, 1.82) is 0 Å². The smallest absolute Gasteiger partial charge is 0.378 e. The molecule has 3 heterocycles. The lowest BCUT2D eigenvalue weighted by Crippen LogP contribution is -2.36. The molecule has 0 radical (unpaired) electrons. The van der Waals surface area contributed by atoms with Crippen LogP contribution in [0.5, 0.6) is 0 Å². The number of ether oxygens (including phenoxy) is 1. The summed E-state index contributed by atoms with van der Waals surface area (Å²) < 4.78 is 46.6. The van der Waals surface area contributed by atoms with Gasteiger partial charge in [0.2, 0.25) is 0 Å². The molecule has 7 rings (SSSR count). The van der Waals surface area contributed by atoms with Crippen LogP contribution < -0.4 is 15.5 Å². The number of imidazole rings is 1. The highest BCUT2D eigenvalue weighted by molar-refractivity contribution is 5.95. The summed E-state index contributed by atoms with van der Waals surface area (Å²) in [5.74, 6) is 0.784. The number of hydrogen-bond acceptors (Lipinski definition) is 7. The second kappa shape index (κ2) is 11.8. The highest BCUT2D eigenvalue weighted by Crippen LogP contribution is 2.31. The van der Waals surface area contributed by atoms with Gasteiger partial charge >= 0.3 is 6.18 Å². The molecular formula is C33H30F3N7O2. The lowest BCUT2D eigenvalue weighted by Gasteiger charge is -2.28. The molecule has 1 aliphatic heterocycles. The van der Waals surface area contributed by atoms with E-state index in [9.17, 15) is 18.0 Å². The average Bonchev–Trinajstić information content (AvgIpc) is 3.79. The van der Waals surface area contributed by atoms with Gasteiger partial charge in [-0.25, -0.2) is 15.0 Å². The summed E-state index contributed by atoms with van der Waals surface area (Å²) in [6, 6.07) is 20.5. The number of morpholine rings is 1. The van der Waals surface area contributed by atoms with Crippen LogP contribution in [0.15, 0.2) is 79.1 Å². The van der Waals surface area contributed by atoms with E-state index in [2.05, 4.69) is 20.5 Å². The molecular weight excluding hydrogens is 583 g/mol. The zero-order valence-electron chi connectivity index (χ0n) is 24.2. The standard InChI is InChI=1S/C33H30F3N7O2/c34-33(35,36)24-7-1-21(2-8-24)19-43-20-37-28-30(38-25-11-13-27(14-12-25)42-15-17-45-18-16-42)40-29(41-31(28)43)22-3-5-23(6-4-22)32(44)39-26-9-10-26/h1-8,11-14,20,26H,9-10,15-19H2,(H,39,44)(H,38,40,41). The number of anilines is 3. The van der Waals surface area contributed by atoms with Gasteiger partial charge in [-0.15, -0.1) is 0 Å². The molecule has 9 nitrogen and oxygen atoms in total. The molecule has 1 saturated heterocycles. The van der Waals surface area contributed by atoms with Gasteiger partial charge in [0.25, 0.3) is 5.91 Å². The van der Waals surface area contributed by atoms with Crippen molar-refractivity contribution < 1.29 is 22.7 Å². The predicted octanol–water partition coefficient (Wildman–Crippen LogP) is 6.03. The van der Waals surface area contributed by atoms with E-state index >= 15 is 0 Å². The number of nitrogens with one attached hydrogen (secondary N) is 2. The SMILES string of the molecule is O=C(NC1CC1)c1ccc(-c2nc(Nc3ccc(N4CCOCC4)cc3)c3ncn(Cc4ccc(C(F)(F)F)cc4)c3n2)cc1. The van der Waals surface area contributed by atoms with Crippen molar-refractivity contribution in [2.24, 2.45) is 0 Å². The van der Waals surface area contributed by atoms with Gasteiger partial charge in [0.1, 0.15) is 0 Å². The van der Waals surface area contributed by atoms with Gasteiger partial charge in [0, 0.05) is 41.6 Å². The van der Waals surface area contributed by atoms with Crippen molar-refractivity contribution in [3.8, 4) is 11.4 Å². The molecule has 2 fully saturated rings. The first-order chi connectivity index (χ1) is 21.8. The number of carbonyl (C=O) groups excluding carboxylic acids is 1. The number of aromatic nitrogens is 4. The number of carbonyl (C=O) groups is 1. The second-order valence-electron chi connectivity index (χ2n) is 11.2. The van der Waals surface area contributed by atoms with Crippen molar-refractivity contribution in [2.75, 3.05) is 36.5 Å². The van der Waals surface area contributed by atoms with Crippen LogP contribution >= 0.6 is 0 Å². The van der Waals surface area contributed by atoms with Crippen LogP contribution in [-0.2, 0) is 17.5 Å². The number of fused-ring (bicyclic) bond motifs is 1. The van der Waals surface area contributed by atoms with Gasteiger partial charge in [-0.05, 0) is 66.9 Å². The Labute approximate surface area is 257 Å². The number of halogens is 3. The minimum atomic E-state index is -4.41. The van der Waals surface area contributed by atoms with Crippen molar-refractivity contribution in [3.05, 3.63) is 95.8 Å². The Morgan fingerprint density at radius 2 is 1.62 bits per heavy atom. The molecule has 2 aliphatic rings. The van der Waals surface area contributed by atoms with E-state index in [-0.39, 0.29) is 18.5 Å². The largest absolute Gasteiger partial charge is 0.416 e. The summed E-state index contributed by atoms with van der Waals surface area (Å²) >= 11 is 0. The number of benzene rings is 3.